The van der Waals surface area contributed by atoms with E-state index in [1.807, 2.05) is 13.8 Å². The number of aromatic nitrogens is 1. The van der Waals surface area contributed by atoms with Crippen LogP contribution >= 0.6 is 11.3 Å². The van der Waals surface area contributed by atoms with Crippen LogP contribution in [0.5, 0.6) is 0 Å². The molecule has 14 heavy (non-hydrogen) atoms. The van der Waals surface area contributed by atoms with E-state index in [0.29, 0.717) is 0 Å². The highest BCUT2D eigenvalue weighted by Gasteiger charge is 2.55. The SMILES string of the molecule is COC(=O)C1(c2nc(C)c(C)s2)CC1. The Morgan fingerprint density at radius 2 is 2.14 bits per heavy atom. The Morgan fingerprint density at radius 1 is 1.50 bits per heavy atom. The van der Waals surface area contributed by atoms with Crippen LogP contribution in [0, 0.1) is 13.8 Å². The van der Waals surface area contributed by atoms with E-state index in [1.165, 1.54) is 12.0 Å². The van der Waals surface area contributed by atoms with Crippen LogP contribution in [-0.4, -0.2) is 18.1 Å². The smallest absolute Gasteiger partial charge is 0.318 e. The molecule has 0 N–H and O–H groups in total. The average molecular weight is 211 g/mol. The van der Waals surface area contributed by atoms with E-state index in [2.05, 4.69) is 4.98 Å². The largest absolute Gasteiger partial charge is 0.468 e. The molecule has 4 heteroatoms. The van der Waals surface area contributed by atoms with Crippen molar-refractivity contribution in [2.45, 2.75) is 32.1 Å². The number of rotatable bonds is 2. The first kappa shape index (κ1) is 9.65. The molecule has 0 saturated heterocycles. The standard InChI is InChI=1S/C10H13NO2S/c1-6-7(2)14-8(11-6)10(4-5-10)9(12)13-3/h4-5H2,1-3H3. The highest BCUT2D eigenvalue weighted by molar-refractivity contribution is 7.12. The van der Waals surface area contributed by atoms with Gasteiger partial charge in [0.25, 0.3) is 0 Å². The lowest BCUT2D eigenvalue weighted by Crippen LogP contribution is -2.21. The molecule has 1 aliphatic carbocycles. The second-order valence-electron chi connectivity index (χ2n) is 3.73. The summed E-state index contributed by atoms with van der Waals surface area (Å²) in [5.74, 6) is -0.133. The van der Waals surface area contributed by atoms with Crippen LogP contribution in [0.25, 0.3) is 0 Å². The van der Waals surface area contributed by atoms with Crippen LogP contribution in [0.2, 0.25) is 0 Å². The van der Waals surface area contributed by atoms with Crippen molar-refractivity contribution < 1.29 is 9.53 Å². The topological polar surface area (TPSA) is 39.2 Å². The van der Waals surface area contributed by atoms with Gasteiger partial charge in [0.2, 0.25) is 0 Å². The monoisotopic (exact) mass is 211 g/mol. The van der Waals surface area contributed by atoms with Gasteiger partial charge >= 0.3 is 5.97 Å². The van der Waals surface area contributed by atoms with Gasteiger partial charge in [0, 0.05) is 4.88 Å². The number of carbonyl (C=O) groups is 1. The molecule has 1 aliphatic rings. The van der Waals surface area contributed by atoms with Gasteiger partial charge in [0.1, 0.15) is 10.4 Å². The van der Waals surface area contributed by atoms with E-state index >= 15 is 0 Å². The van der Waals surface area contributed by atoms with Crippen molar-refractivity contribution in [2.24, 2.45) is 0 Å². The first-order chi connectivity index (χ1) is 6.60. The van der Waals surface area contributed by atoms with Gasteiger partial charge in [-0.3, -0.25) is 4.79 Å². The van der Waals surface area contributed by atoms with E-state index in [0.717, 1.165) is 23.5 Å². The molecule has 0 spiro atoms. The Labute approximate surface area is 87.1 Å². The quantitative estimate of drug-likeness (QED) is 0.702. The number of thiazole rings is 1. The molecule has 1 saturated carbocycles. The molecule has 1 heterocycles. The van der Waals surface area contributed by atoms with Gasteiger partial charge in [0.05, 0.1) is 12.8 Å². The number of carbonyl (C=O) groups excluding carboxylic acids is 1. The molecule has 0 bridgehead atoms. The van der Waals surface area contributed by atoms with Gasteiger partial charge in [-0.1, -0.05) is 0 Å². The van der Waals surface area contributed by atoms with Crippen molar-refractivity contribution in [3.8, 4) is 0 Å². The fourth-order valence-electron chi connectivity index (χ4n) is 1.50. The molecular formula is C10H13NO2S. The van der Waals surface area contributed by atoms with Gasteiger partial charge < -0.3 is 4.74 Å². The molecule has 1 aromatic rings. The molecule has 0 atom stereocenters. The summed E-state index contributed by atoms with van der Waals surface area (Å²) >= 11 is 1.62. The Bertz CT molecular complexity index is 360. The Balaban J connectivity index is 2.35. The van der Waals surface area contributed by atoms with Gasteiger partial charge in [-0.25, -0.2) is 4.98 Å². The third-order valence-electron chi connectivity index (χ3n) is 2.76. The number of ether oxygens (including phenoxy) is 1. The third-order valence-corrected chi connectivity index (χ3v) is 4.04. The molecule has 1 fully saturated rings. The maximum Gasteiger partial charge on any atom is 0.318 e. The molecule has 0 amide bonds. The molecule has 76 valence electrons. The fraction of sp³-hybridized carbons (Fsp3) is 0.600. The zero-order chi connectivity index (χ0) is 10.3. The van der Waals surface area contributed by atoms with E-state index in [9.17, 15) is 4.79 Å². The highest BCUT2D eigenvalue weighted by atomic mass is 32.1. The maximum atomic E-state index is 11.6. The minimum absolute atomic E-state index is 0.133. The van der Waals surface area contributed by atoms with Crippen molar-refractivity contribution >= 4 is 17.3 Å². The molecule has 3 nitrogen and oxygen atoms in total. The van der Waals surface area contributed by atoms with Crippen molar-refractivity contribution in [1.82, 2.24) is 4.98 Å². The first-order valence-corrected chi connectivity index (χ1v) is 5.45. The van der Waals surface area contributed by atoms with Gasteiger partial charge in [0.15, 0.2) is 0 Å². The molecule has 2 rings (SSSR count). The normalized spacial score (nSPS) is 17.9. The summed E-state index contributed by atoms with van der Waals surface area (Å²) in [6, 6.07) is 0. The highest BCUT2D eigenvalue weighted by Crippen LogP contribution is 2.50. The summed E-state index contributed by atoms with van der Waals surface area (Å²) in [4.78, 5) is 17.2. The van der Waals surface area contributed by atoms with Crippen LogP contribution in [-0.2, 0) is 14.9 Å². The maximum absolute atomic E-state index is 11.6. The number of methoxy groups -OCH3 is 1. The van der Waals surface area contributed by atoms with Crippen LogP contribution < -0.4 is 0 Å². The molecule has 0 radical (unpaired) electrons. The molecule has 0 unspecified atom stereocenters. The van der Waals surface area contributed by atoms with Crippen LogP contribution in [0.1, 0.15) is 28.4 Å². The van der Waals surface area contributed by atoms with E-state index < -0.39 is 5.41 Å². The summed E-state index contributed by atoms with van der Waals surface area (Å²) in [6.45, 7) is 4.01. The lowest BCUT2D eigenvalue weighted by molar-refractivity contribution is -0.143. The zero-order valence-electron chi connectivity index (χ0n) is 8.59. The summed E-state index contributed by atoms with van der Waals surface area (Å²) in [5, 5.41) is 0.930. The minimum atomic E-state index is -0.390. The predicted molar refractivity (Wildman–Crippen MR) is 54.5 cm³/mol. The van der Waals surface area contributed by atoms with Crippen molar-refractivity contribution in [2.75, 3.05) is 7.11 Å². The minimum Gasteiger partial charge on any atom is -0.468 e. The van der Waals surface area contributed by atoms with Crippen molar-refractivity contribution in [3.63, 3.8) is 0 Å². The summed E-state index contributed by atoms with van der Waals surface area (Å²) in [6.07, 6.45) is 1.76. The summed E-state index contributed by atoms with van der Waals surface area (Å²) in [5.41, 5.74) is 0.638. The molecule has 0 aromatic carbocycles. The Morgan fingerprint density at radius 3 is 2.50 bits per heavy atom. The lowest BCUT2D eigenvalue weighted by Gasteiger charge is -2.07. The second kappa shape index (κ2) is 3.05. The Hall–Kier alpha value is -0.900. The second-order valence-corrected chi connectivity index (χ2v) is 4.94. The number of esters is 1. The van der Waals surface area contributed by atoms with Crippen LogP contribution in [0.4, 0.5) is 0 Å². The molecular weight excluding hydrogens is 198 g/mol. The first-order valence-electron chi connectivity index (χ1n) is 4.63. The summed E-state index contributed by atoms with van der Waals surface area (Å²) < 4.78 is 4.81. The van der Waals surface area contributed by atoms with E-state index in [1.54, 1.807) is 11.3 Å². The van der Waals surface area contributed by atoms with Crippen molar-refractivity contribution in [3.05, 3.63) is 15.6 Å². The van der Waals surface area contributed by atoms with Gasteiger partial charge in [-0.15, -0.1) is 11.3 Å². The third kappa shape index (κ3) is 1.25. The van der Waals surface area contributed by atoms with Crippen LogP contribution in [0.15, 0.2) is 0 Å². The molecule has 0 aliphatic heterocycles. The summed E-state index contributed by atoms with van der Waals surface area (Å²) in [7, 11) is 1.44. The van der Waals surface area contributed by atoms with Gasteiger partial charge in [-0.05, 0) is 26.7 Å². The fourth-order valence-corrected chi connectivity index (χ4v) is 2.65. The number of aryl methyl sites for hydroxylation is 2. The Kier molecular flexibility index (Phi) is 2.10. The molecule has 1 aromatic heterocycles. The number of nitrogens with zero attached hydrogens (tertiary/aromatic N) is 1. The number of hydrogen-bond acceptors (Lipinski definition) is 4. The van der Waals surface area contributed by atoms with E-state index in [4.69, 9.17) is 4.74 Å². The van der Waals surface area contributed by atoms with Crippen molar-refractivity contribution in [1.29, 1.82) is 0 Å². The number of hydrogen-bond donors (Lipinski definition) is 0. The average Bonchev–Trinajstić information content (AvgIpc) is 2.90. The zero-order valence-corrected chi connectivity index (χ0v) is 9.40. The van der Waals surface area contributed by atoms with E-state index in [-0.39, 0.29) is 5.97 Å². The van der Waals surface area contributed by atoms with Crippen LogP contribution in [0.3, 0.4) is 0 Å². The predicted octanol–water partition coefficient (Wildman–Crippen LogP) is 1.96. The van der Waals surface area contributed by atoms with Gasteiger partial charge in [-0.2, -0.15) is 0 Å². The lowest BCUT2D eigenvalue weighted by atomic mass is 10.1.